The Morgan fingerprint density at radius 3 is 3.00 bits per heavy atom. The van der Waals surface area contributed by atoms with Crippen molar-refractivity contribution >= 4 is 29.2 Å². The normalized spacial score (nSPS) is 21.4. The number of nitrogens with one attached hydrogen (secondary N) is 1. The second-order valence-electron chi connectivity index (χ2n) is 6.12. The molecule has 2 aliphatic rings. The highest BCUT2D eigenvalue weighted by molar-refractivity contribution is 8.00. The van der Waals surface area contributed by atoms with Crippen molar-refractivity contribution in [3.63, 3.8) is 0 Å². The van der Waals surface area contributed by atoms with Crippen LogP contribution in [0.2, 0.25) is 0 Å². The Balaban J connectivity index is 1.47. The molecule has 0 spiro atoms. The highest BCUT2D eigenvalue weighted by Gasteiger charge is 2.18. The molecule has 126 valence electrons. The minimum atomic E-state index is 0.0410. The van der Waals surface area contributed by atoms with E-state index in [-0.39, 0.29) is 5.91 Å². The van der Waals surface area contributed by atoms with Crippen LogP contribution in [0.3, 0.4) is 0 Å². The molecule has 0 aliphatic carbocycles. The Morgan fingerprint density at radius 1 is 1.35 bits per heavy atom. The Hall–Kier alpha value is -1.27. The minimum absolute atomic E-state index is 0.0410. The SMILES string of the molecule is O=C(CSCC1CCCCO1)Nc1cccnc1N1CCCC1. The van der Waals surface area contributed by atoms with Crippen LogP contribution < -0.4 is 10.2 Å². The number of carbonyl (C=O) groups excluding carboxylic acids is 1. The van der Waals surface area contributed by atoms with Gasteiger partial charge in [-0.05, 0) is 44.2 Å². The number of nitrogens with zero attached hydrogens (tertiary/aromatic N) is 2. The Bertz CT molecular complexity index is 514. The lowest BCUT2D eigenvalue weighted by atomic mass is 10.1. The molecule has 6 heteroatoms. The van der Waals surface area contributed by atoms with Gasteiger partial charge < -0.3 is 15.0 Å². The topological polar surface area (TPSA) is 54.5 Å². The van der Waals surface area contributed by atoms with E-state index in [0.717, 1.165) is 43.4 Å². The summed E-state index contributed by atoms with van der Waals surface area (Å²) in [6, 6.07) is 3.81. The van der Waals surface area contributed by atoms with Crippen LogP contribution in [0.5, 0.6) is 0 Å². The molecule has 0 radical (unpaired) electrons. The van der Waals surface area contributed by atoms with Gasteiger partial charge in [-0.2, -0.15) is 0 Å². The van der Waals surface area contributed by atoms with Crippen molar-refractivity contribution in [2.75, 3.05) is 41.4 Å². The predicted octanol–water partition coefficient (Wildman–Crippen LogP) is 2.92. The van der Waals surface area contributed by atoms with Gasteiger partial charge in [0.15, 0.2) is 5.82 Å². The van der Waals surface area contributed by atoms with Gasteiger partial charge in [-0.3, -0.25) is 4.79 Å². The maximum atomic E-state index is 12.2. The zero-order chi connectivity index (χ0) is 15.9. The molecule has 0 bridgehead atoms. The number of hydrogen-bond acceptors (Lipinski definition) is 5. The molecule has 3 rings (SSSR count). The molecule has 5 nitrogen and oxygen atoms in total. The maximum absolute atomic E-state index is 12.2. The summed E-state index contributed by atoms with van der Waals surface area (Å²) in [4.78, 5) is 18.9. The van der Waals surface area contributed by atoms with Crippen LogP contribution in [0.1, 0.15) is 32.1 Å². The largest absolute Gasteiger partial charge is 0.377 e. The van der Waals surface area contributed by atoms with Crippen molar-refractivity contribution < 1.29 is 9.53 Å². The fourth-order valence-electron chi connectivity index (χ4n) is 3.08. The maximum Gasteiger partial charge on any atom is 0.234 e. The van der Waals surface area contributed by atoms with Crippen molar-refractivity contribution in [1.82, 2.24) is 4.98 Å². The average molecular weight is 335 g/mol. The molecular weight excluding hydrogens is 310 g/mol. The third-order valence-electron chi connectivity index (χ3n) is 4.28. The highest BCUT2D eigenvalue weighted by atomic mass is 32.2. The summed E-state index contributed by atoms with van der Waals surface area (Å²) in [6.45, 7) is 2.91. The second-order valence-corrected chi connectivity index (χ2v) is 7.15. The summed E-state index contributed by atoms with van der Waals surface area (Å²) in [5, 5.41) is 3.02. The smallest absolute Gasteiger partial charge is 0.234 e. The van der Waals surface area contributed by atoms with E-state index >= 15 is 0 Å². The molecule has 1 aromatic rings. The van der Waals surface area contributed by atoms with Crippen LogP contribution in [-0.4, -0.2) is 48.2 Å². The summed E-state index contributed by atoms with van der Waals surface area (Å²) in [7, 11) is 0. The lowest BCUT2D eigenvalue weighted by Gasteiger charge is -2.22. The molecule has 0 aromatic carbocycles. The van der Waals surface area contributed by atoms with Crippen LogP contribution in [0.15, 0.2) is 18.3 Å². The summed E-state index contributed by atoms with van der Waals surface area (Å²) in [6.07, 6.45) is 8.03. The Labute approximate surface area is 142 Å². The van der Waals surface area contributed by atoms with E-state index in [1.807, 2.05) is 12.1 Å². The van der Waals surface area contributed by atoms with Crippen molar-refractivity contribution in [1.29, 1.82) is 0 Å². The third kappa shape index (κ3) is 4.85. The van der Waals surface area contributed by atoms with Crippen molar-refractivity contribution in [2.45, 2.75) is 38.2 Å². The molecule has 2 saturated heterocycles. The van der Waals surface area contributed by atoms with Gasteiger partial charge in [-0.15, -0.1) is 11.8 Å². The van der Waals surface area contributed by atoms with Crippen LogP contribution in [0, 0.1) is 0 Å². The minimum Gasteiger partial charge on any atom is -0.377 e. The van der Waals surface area contributed by atoms with Crippen LogP contribution >= 0.6 is 11.8 Å². The van der Waals surface area contributed by atoms with Gasteiger partial charge >= 0.3 is 0 Å². The van der Waals surface area contributed by atoms with E-state index in [2.05, 4.69) is 15.2 Å². The first-order valence-electron chi connectivity index (χ1n) is 8.52. The van der Waals surface area contributed by atoms with Crippen molar-refractivity contribution in [3.05, 3.63) is 18.3 Å². The zero-order valence-electron chi connectivity index (χ0n) is 13.5. The number of hydrogen-bond donors (Lipinski definition) is 1. The van der Waals surface area contributed by atoms with Gasteiger partial charge in [-0.25, -0.2) is 4.98 Å². The standard InChI is InChI=1S/C17H25N3O2S/c21-16(13-23-12-14-6-1-4-11-22-14)19-15-7-5-8-18-17(15)20-9-2-3-10-20/h5,7-8,14H,1-4,6,9-13H2,(H,19,21). The average Bonchev–Trinajstić information content (AvgIpc) is 3.11. The molecule has 2 fully saturated rings. The molecule has 0 saturated carbocycles. The molecule has 1 aromatic heterocycles. The first-order valence-corrected chi connectivity index (χ1v) is 9.67. The van der Waals surface area contributed by atoms with Crippen LogP contribution in [0.25, 0.3) is 0 Å². The monoisotopic (exact) mass is 335 g/mol. The second kappa shape index (κ2) is 8.55. The Kier molecular flexibility index (Phi) is 6.16. The molecular formula is C17H25N3O2S. The fraction of sp³-hybridized carbons (Fsp3) is 0.647. The quantitative estimate of drug-likeness (QED) is 0.866. The molecule has 23 heavy (non-hydrogen) atoms. The van der Waals surface area contributed by atoms with Gasteiger partial charge in [0.1, 0.15) is 0 Å². The molecule has 1 unspecified atom stereocenters. The number of carbonyl (C=O) groups is 1. The lowest BCUT2D eigenvalue weighted by Crippen LogP contribution is -2.24. The van der Waals surface area contributed by atoms with Crippen molar-refractivity contribution in [3.8, 4) is 0 Å². The molecule has 1 atom stereocenters. The first kappa shape index (κ1) is 16.6. The van der Waals surface area contributed by atoms with E-state index in [0.29, 0.717) is 11.9 Å². The zero-order valence-corrected chi connectivity index (χ0v) is 14.3. The number of amides is 1. The fourth-order valence-corrected chi connectivity index (χ4v) is 3.98. The van der Waals surface area contributed by atoms with Crippen LogP contribution in [-0.2, 0) is 9.53 Å². The van der Waals surface area contributed by atoms with Gasteiger partial charge in [-0.1, -0.05) is 0 Å². The number of thioether (sulfide) groups is 1. The van der Waals surface area contributed by atoms with E-state index < -0.39 is 0 Å². The highest BCUT2D eigenvalue weighted by Crippen LogP contribution is 2.26. The van der Waals surface area contributed by atoms with E-state index in [9.17, 15) is 4.79 Å². The lowest BCUT2D eigenvalue weighted by molar-refractivity contribution is -0.113. The third-order valence-corrected chi connectivity index (χ3v) is 5.35. The number of rotatable bonds is 6. The Morgan fingerprint density at radius 2 is 2.22 bits per heavy atom. The number of anilines is 2. The van der Waals surface area contributed by atoms with E-state index in [1.54, 1.807) is 18.0 Å². The molecule has 1 amide bonds. The van der Waals surface area contributed by atoms with Crippen LogP contribution in [0.4, 0.5) is 11.5 Å². The van der Waals surface area contributed by atoms with Gasteiger partial charge in [0.25, 0.3) is 0 Å². The van der Waals surface area contributed by atoms with Gasteiger partial charge in [0.2, 0.25) is 5.91 Å². The molecule has 3 heterocycles. The van der Waals surface area contributed by atoms with Gasteiger partial charge in [0, 0.05) is 31.6 Å². The summed E-state index contributed by atoms with van der Waals surface area (Å²) in [5.74, 6) is 2.31. The summed E-state index contributed by atoms with van der Waals surface area (Å²) in [5.41, 5.74) is 0.828. The number of aromatic nitrogens is 1. The predicted molar refractivity (Wildman–Crippen MR) is 95.2 cm³/mol. The van der Waals surface area contributed by atoms with E-state index in [1.165, 1.54) is 25.7 Å². The molecule has 1 N–H and O–H groups in total. The van der Waals surface area contributed by atoms with Crippen molar-refractivity contribution in [2.24, 2.45) is 0 Å². The number of ether oxygens (including phenoxy) is 1. The molecule has 2 aliphatic heterocycles. The van der Waals surface area contributed by atoms with E-state index in [4.69, 9.17) is 4.74 Å². The first-order chi connectivity index (χ1) is 11.3. The summed E-state index contributed by atoms with van der Waals surface area (Å²) >= 11 is 1.65. The summed E-state index contributed by atoms with van der Waals surface area (Å²) < 4.78 is 5.70. The number of pyridine rings is 1. The van der Waals surface area contributed by atoms with Gasteiger partial charge in [0.05, 0.1) is 17.5 Å².